The molecular weight excluding hydrogens is 236 g/mol. The third-order valence-electron chi connectivity index (χ3n) is 3.57. The SMILES string of the molecule is CC(C)CCCCCCCOCCCC(N)C(C)N. The summed E-state index contributed by atoms with van der Waals surface area (Å²) < 4.78 is 5.61. The lowest BCUT2D eigenvalue weighted by atomic mass is 10.0. The summed E-state index contributed by atoms with van der Waals surface area (Å²) in [4.78, 5) is 0. The van der Waals surface area contributed by atoms with E-state index < -0.39 is 0 Å². The van der Waals surface area contributed by atoms with Gasteiger partial charge in [-0.3, -0.25) is 0 Å². The van der Waals surface area contributed by atoms with Gasteiger partial charge < -0.3 is 16.2 Å². The first-order chi connectivity index (χ1) is 9.04. The first-order valence-corrected chi connectivity index (χ1v) is 8.13. The molecular formula is C16H36N2O. The molecule has 0 radical (unpaired) electrons. The number of ether oxygens (including phenoxy) is 1. The van der Waals surface area contributed by atoms with Gasteiger partial charge in [-0.25, -0.2) is 0 Å². The van der Waals surface area contributed by atoms with Crippen LogP contribution in [0.4, 0.5) is 0 Å². The van der Waals surface area contributed by atoms with Gasteiger partial charge in [0, 0.05) is 25.3 Å². The maximum atomic E-state index is 5.87. The van der Waals surface area contributed by atoms with Crippen LogP contribution in [0.25, 0.3) is 0 Å². The molecule has 0 saturated carbocycles. The van der Waals surface area contributed by atoms with Crippen LogP contribution >= 0.6 is 0 Å². The molecule has 0 aliphatic carbocycles. The van der Waals surface area contributed by atoms with E-state index in [2.05, 4.69) is 13.8 Å². The molecule has 0 heterocycles. The minimum absolute atomic E-state index is 0.0887. The molecule has 3 heteroatoms. The predicted octanol–water partition coefficient (Wildman–Crippen LogP) is 3.45. The van der Waals surface area contributed by atoms with Crippen molar-refractivity contribution in [2.24, 2.45) is 17.4 Å². The van der Waals surface area contributed by atoms with Crippen LogP contribution in [0.3, 0.4) is 0 Å². The van der Waals surface area contributed by atoms with Crippen molar-refractivity contribution in [3.8, 4) is 0 Å². The fraction of sp³-hybridized carbons (Fsp3) is 1.00. The molecule has 0 aliphatic rings. The average Bonchev–Trinajstić information content (AvgIpc) is 2.35. The van der Waals surface area contributed by atoms with Crippen LogP contribution < -0.4 is 11.5 Å². The summed E-state index contributed by atoms with van der Waals surface area (Å²) in [5, 5.41) is 0. The highest BCUT2D eigenvalue weighted by Crippen LogP contribution is 2.10. The molecule has 0 aromatic rings. The van der Waals surface area contributed by atoms with Gasteiger partial charge in [-0.05, 0) is 32.1 Å². The van der Waals surface area contributed by atoms with Crippen molar-refractivity contribution >= 4 is 0 Å². The Morgan fingerprint density at radius 3 is 1.95 bits per heavy atom. The van der Waals surface area contributed by atoms with E-state index in [9.17, 15) is 0 Å². The van der Waals surface area contributed by atoms with Crippen molar-refractivity contribution < 1.29 is 4.74 Å². The zero-order chi connectivity index (χ0) is 14.5. The molecule has 0 spiro atoms. The number of rotatable bonds is 13. The monoisotopic (exact) mass is 272 g/mol. The molecule has 0 amide bonds. The van der Waals surface area contributed by atoms with E-state index in [1.165, 1.54) is 38.5 Å². The van der Waals surface area contributed by atoms with Gasteiger partial charge in [0.25, 0.3) is 0 Å². The maximum absolute atomic E-state index is 5.87. The summed E-state index contributed by atoms with van der Waals surface area (Å²) in [6.07, 6.45) is 9.97. The highest BCUT2D eigenvalue weighted by atomic mass is 16.5. The lowest BCUT2D eigenvalue weighted by molar-refractivity contribution is 0.124. The highest BCUT2D eigenvalue weighted by Gasteiger charge is 2.06. The van der Waals surface area contributed by atoms with Crippen LogP contribution in [0.2, 0.25) is 0 Å². The normalized spacial score (nSPS) is 14.8. The second-order valence-electron chi connectivity index (χ2n) is 6.23. The minimum Gasteiger partial charge on any atom is -0.381 e. The molecule has 0 fully saturated rings. The molecule has 0 rings (SSSR count). The van der Waals surface area contributed by atoms with E-state index >= 15 is 0 Å². The number of hydrogen-bond donors (Lipinski definition) is 2. The Morgan fingerprint density at radius 1 is 0.737 bits per heavy atom. The second kappa shape index (κ2) is 12.9. The molecule has 19 heavy (non-hydrogen) atoms. The fourth-order valence-electron chi connectivity index (χ4n) is 2.07. The lowest BCUT2D eigenvalue weighted by Crippen LogP contribution is -2.38. The van der Waals surface area contributed by atoms with Crippen molar-refractivity contribution in [1.29, 1.82) is 0 Å². The summed E-state index contributed by atoms with van der Waals surface area (Å²) in [7, 11) is 0. The maximum Gasteiger partial charge on any atom is 0.0466 e. The van der Waals surface area contributed by atoms with Crippen LogP contribution in [-0.2, 0) is 4.74 Å². The Balaban J connectivity index is 3.07. The predicted molar refractivity (Wildman–Crippen MR) is 84.2 cm³/mol. The molecule has 116 valence electrons. The van der Waals surface area contributed by atoms with E-state index in [1.807, 2.05) is 6.92 Å². The van der Waals surface area contributed by atoms with E-state index in [-0.39, 0.29) is 12.1 Å². The van der Waals surface area contributed by atoms with Crippen LogP contribution in [-0.4, -0.2) is 25.3 Å². The molecule has 2 atom stereocenters. The van der Waals surface area contributed by atoms with Crippen molar-refractivity contribution in [1.82, 2.24) is 0 Å². The van der Waals surface area contributed by atoms with Crippen molar-refractivity contribution in [3.63, 3.8) is 0 Å². The van der Waals surface area contributed by atoms with E-state index in [1.54, 1.807) is 0 Å². The molecule has 0 aromatic heterocycles. The fourth-order valence-corrected chi connectivity index (χ4v) is 2.07. The van der Waals surface area contributed by atoms with E-state index in [4.69, 9.17) is 16.2 Å². The lowest BCUT2D eigenvalue weighted by Gasteiger charge is -2.15. The summed E-state index contributed by atoms with van der Waals surface area (Å²) >= 11 is 0. The highest BCUT2D eigenvalue weighted by molar-refractivity contribution is 4.70. The topological polar surface area (TPSA) is 61.3 Å². The summed E-state index contributed by atoms with van der Waals surface area (Å²) in [5.41, 5.74) is 11.6. The number of nitrogens with two attached hydrogens (primary N) is 2. The summed E-state index contributed by atoms with van der Waals surface area (Å²) in [6, 6.07) is 0.204. The van der Waals surface area contributed by atoms with Gasteiger partial charge in [0.15, 0.2) is 0 Å². The third-order valence-corrected chi connectivity index (χ3v) is 3.57. The second-order valence-corrected chi connectivity index (χ2v) is 6.23. The standard InChI is InChI=1S/C16H36N2O/c1-14(2)10-7-5-4-6-8-12-19-13-9-11-16(18)15(3)17/h14-16H,4-13,17-18H2,1-3H3. The van der Waals surface area contributed by atoms with Gasteiger partial charge >= 0.3 is 0 Å². The largest absolute Gasteiger partial charge is 0.381 e. The Morgan fingerprint density at radius 2 is 1.32 bits per heavy atom. The van der Waals surface area contributed by atoms with Gasteiger partial charge in [-0.15, -0.1) is 0 Å². The quantitative estimate of drug-likeness (QED) is 0.505. The summed E-state index contributed by atoms with van der Waals surface area (Å²) in [5.74, 6) is 0.853. The molecule has 4 N–H and O–H groups in total. The molecule has 0 bridgehead atoms. The van der Waals surface area contributed by atoms with Gasteiger partial charge in [0.1, 0.15) is 0 Å². The zero-order valence-corrected chi connectivity index (χ0v) is 13.4. The first kappa shape index (κ1) is 18.9. The third kappa shape index (κ3) is 14.1. The Hall–Kier alpha value is -0.120. The Labute approximate surface area is 120 Å². The van der Waals surface area contributed by atoms with Crippen LogP contribution in [0.1, 0.15) is 72.1 Å². The van der Waals surface area contributed by atoms with Gasteiger partial charge in [-0.1, -0.05) is 46.0 Å². The first-order valence-electron chi connectivity index (χ1n) is 8.13. The van der Waals surface area contributed by atoms with Crippen molar-refractivity contribution in [3.05, 3.63) is 0 Å². The molecule has 2 unspecified atom stereocenters. The Bertz CT molecular complexity index is 184. The van der Waals surface area contributed by atoms with Crippen molar-refractivity contribution in [2.45, 2.75) is 84.2 Å². The minimum atomic E-state index is 0.0887. The van der Waals surface area contributed by atoms with Crippen LogP contribution in [0.15, 0.2) is 0 Å². The number of unbranched alkanes of at least 4 members (excludes halogenated alkanes) is 4. The smallest absolute Gasteiger partial charge is 0.0466 e. The molecule has 3 nitrogen and oxygen atoms in total. The van der Waals surface area contributed by atoms with E-state index in [0.29, 0.717) is 0 Å². The number of hydrogen-bond acceptors (Lipinski definition) is 3. The van der Waals surface area contributed by atoms with Crippen molar-refractivity contribution in [2.75, 3.05) is 13.2 Å². The average molecular weight is 272 g/mol. The van der Waals surface area contributed by atoms with Gasteiger partial charge in [-0.2, -0.15) is 0 Å². The Kier molecular flexibility index (Phi) is 12.8. The molecule has 0 aromatic carbocycles. The van der Waals surface area contributed by atoms with Gasteiger partial charge in [0.05, 0.1) is 0 Å². The molecule has 0 saturated heterocycles. The molecule has 0 aliphatic heterocycles. The van der Waals surface area contributed by atoms with Crippen LogP contribution in [0, 0.1) is 5.92 Å². The van der Waals surface area contributed by atoms with Gasteiger partial charge in [0.2, 0.25) is 0 Å². The van der Waals surface area contributed by atoms with E-state index in [0.717, 1.165) is 32.0 Å². The van der Waals surface area contributed by atoms with Crippen LogP contribution in [0.5, 0.6) is 0 Å². The zero-order valence-electron chi connectivity index (χ0n) is 13.4. The summed E-state index contributed by atoms with van der Waals surface area (Å²) in [6.45, 7) is 8.28.